The molecule has 0 spiro atoms. The van der Waals surface area contributed by atoms with Crippen LogP contribution in [0.25, 0.3) is 10.2 Å². The van der Waals surface area contributed by atoms with Crippen molar-refractivity contribution in [1.82, 2.24) is 10.3 Å². The van der Waals surface area contributed by atoms with Crippen LogP contribution in [0.2, 0.25) is 0 Å². The number of amides is 1. The molecule has 0 aliphatic heterocycles. The maximum atomic E-state index is 13.1. The van der Waals surface area contributed by atoms with Crippen LogP contribution < -0.4 is 10.0 Å². The number of benzene rings is 3. The van der Waals surface area contributed by atoms with E-state index in [1.165, 1.54) is 0 Å². The molecule has 1 aromatic heterocycles. The Morgan fingerprint density at radius 2 is 1.78 bits per heavy atom. The molecule has 164 valence electrons. The predicted octanol–water partition coefficient (Wildman–Crippen LogP) is 3.70. The number of carbonyl (C=O) groups is 1. The number of thiazole rings is 1. The summed E-state index contributed by atoms with van der Waals surface area (Å²) in [4.78, 5) is 16.6. The molecule has 3 N–H and O–H groups in total. The van der Waals surface area contributed by atoms with Crippen molar-refractivity contribution in [3.05, 3.63) is 89.7 Å². The molecule has 4 rings (SSSR count). The lowest BCUT2D eigenvalue weighted by Gasteiger charge is -2.12. The van der Waals surface area contributed by atoms with Gasteiger partial charge in [0.15, 0.2) is 5.13 Å². The highest BCUT2D eigenvalue weighted by atomic mass is 32.2. The number of hydrogen-bond acceptors (Lipinski definition) is 6. The fourth-order valence-corrected chi connectivity index (χ4v) is 5.12. The number of halogens is 1. The van der Waals surface area contributed by atoms with Gasteiger partial charge in [-0.15, -0.1) is 0 Å². The molecule has 0 fully saturated rings. The first-order chi connectivity index (χ1) is 15.3. The normalized spacial score (nSPS) is 12.4. The Balaban J connectivity index is 1.46. The number of anilines is 1. The number of nitrogens with one attached hydrogen (secondary N) is 2. The molecule has 0 aliphatic rings. The molecule has 32 heavy (non-hydrogen) atoms. The summed E-state index contributed by atoms with van der Waals surface area (Å²) in [5.41, 5.74) is 1.57. The maximum absolute atomic E-state index is 13.1. The van der Waals surface area contributed by atoms with E-state index in [1.54, 1.807) is 42.5 Å². The lowest BCUT2D eigenvalue weighted by Crippen LogP contribution is -2.28. The highest BCUT2D eigenvalue weighted by Gasteiger charge is 2.18. The van der Waals surface area contributed by atoms with Gasteiger partial charge < -0.3 is 10.4 Å². The molecule has 3 aromatic carbocycles. The summed E-state index contributed by atoms with van der Waals surface area (Å²) in [7, 11) is -3.92. The zero-order valence-electron chi connectivity index (χ0n) is 16.5. The number of rotatable bonds is 7. The quantitative estimate of drug-likeness (QED) is 0.381. The molecule has 0 unspecified atom stereocenters. The first-order valence-electron chi connectivity index (χ1n) is 9.52. The first-order valence-corrected chi connectivity index (χ1v) is 11.8. The highest BCUT2D eigenvalue weighted by molar-refractivity contribution is 7.93. The Labute approximate surface area is 187 Å². The second-order valence-electron chi connectivity index (χ2n) is 6.90. The van der Waals surface area contributed by atoms with Gasteiger partial charge in [0, 0.05) is 12.1 Å². The smallest absolute Gasteiger partial charge is 0.263 e. The van der Waals surface area contributed by atoms with Crippen LogP contribution >= 0.6 is 11.3 Å². The number of sulfonamides is 1. The van der Waals surface area contributed by atoms with Gasteiger partial charge in [0.2, 0.25) is 0 Å². The number of aliphatic hydroxyl groups is 1. The molecule has 0 aliphatic carbocycles. The molecule has 1 amide bonds. The van der Waals surface area contributed by atoms with Crippen LogP contribution in [0.1, 0.15) is 22.0 Å². The van der Waals surface area contributed by atoms with Crippen LogP contribution in [0.3, 0.4) is 0 Å². The van der Waals surface area contributed by atoms with Gasteiger partial charge in [-0.3, -0.25) is 9.52 Å². The van der Waals surface area contributed by atoms with E-state index in [1.807, 2.05) is 6.07 Å². The van der Waals surface area contributed by atoms with Crippen molar-refractivity contribution in [1.29, 1.82) is 0 Å². The van der Waals surface area contributed by atoms with Gasteiger partial charge in [-0.05, 0) is 48.0 Å². The first kappa shape index (κ1) is 21.9. The molecule has 0 bridgehead atoms. The van der Waals surface area contributed by atoms with E-state index < -0.39 is 21.9 Å². The minimum atomic E-state index is -3.92. The summed E-state index contributed by atoms with van der Waals surface area (Å²) >= 11 is 1.07. The van der Waals surface area contributed by atoms with Crippen LogP contribution in [0.5, 0.6) is 0 Å². The zero-order valence-corrected chi connectivity index (χ0v) is 18.2. The van der Waals surface area contributed by atoms with E-state index in [9.17, 15) is 22.7 Å². The molecular weight excluding hydrogens is 453 g/mol. The number of hydrogen-bond donors (Lipinski definition) is 3. The summed E-state index contributed by atoms with van der Waals surface area (Å²) in [6.45, 7) is 0.0479. The van der Waals surface area contributed by atoms with Crippen molar-refractivity contribution in [3.63, 3.8) is 0 Å². The Bertz CT molecular complexity index is 1360. The van der Waals surface area contributed by atoms with Crippen molar-refractivity contribution in [2.75, 3.05) is 11.3 Å². The van der Waals surface area contributed by atoms with Crippen molar-refractivity contribution in [2.45, 2.75) is 11.0 Å². The SMILES string of the molecule is O=C(NC[C@H](O)c1ccccc1)c1ccc2nc(NS(=O)(=O)c3ccc(F)cc3)sc2c1. The third-order valence-corrected chi connectivity index (χ3v) is 7.05. The fraction of sp³-hybridized carbons (Fsp3) is 0.0909. The second-order valence-corrected chi connectivity index (χ2v) is 9.61. The van der Waals surface area contributed by atoms with Crippen LogP contribution in [0.4, 0.5) is 9.52 Å². The van der Waals surface area contributed by atoms with Crippen molar-refractivity contribution in [3.8, 4) is 0 Å². The highest BCUT2D eigenvalue weighted by Crippen LogP contribution is 2.28. The molecule has 10 heteroatoms. The van der Waals surface area contributed by atoms with E-state index in [2.05, 4.69) is 15.0 Å². The number of fused-ring (bicyclic) bond motifs is 1. The van der Waals surface area contributed by atoms with Gasteiger partial charge in [0.05, 0.1) is 21.2 Å². The van der Waals surface area contributed by atoms with E-state index in [4.69, 9.17) is 0 Å². The Hall–Kier alpha value is -3.34. The van der Waals surface area contributed by atoms with Crippen LogP contribution in [0, 0.1) is 5.82 Å². The van der Waals surface area contributed by atoms with Gasteiger partial charge in [0.25, 0.3) is 15.9 Å². The third kappa shape index (κ3) is 4.93. The monoisotopic (exact) mass is 471 g/mol. The molecule has 0 saturated heterocycles. The molecule has 1 heterocycles. The Morgan fingerprint density at radius 3 is 2.50 bits per heavy atom. The van der Waals surface area contributed by atoms with Gasteiger partial charge in [-0.25, -0.2) is 17.8 Å². The molecule has 7 nitrogen and oxygen atoms in total. The van der Waals surface area contributed by atoms with E-state index in [-0.39, 0.29) is 22.5 Å². The summed E-state index contributed by atoms with van der Waals surface area (Å²) in [6.07, 6.45) is -0.834. The van der Waals surface area contributed by atoms with Gasteiger partial charge in [-0.2, -0.15) is 0 Å². The van der Waals surface area contributed by atoms with E-state index in [0.29, 0.717) is 21.3 Å². The van der Waals surface area contributed by atoms with Crippen LogP contribution in [-0.2, 0) is 10.0 Å². The summed E-state index contributed by atoms with van der Waals surface area (Å²) in [5.74, 6) is -0.908. The van der Waals surface area contributed by atoms with E-state index >= 15 is 0 Å². The number of aromatic nitrogens is 1. The minimum Gasteiger partial charge on any atom is -0.387 e. The minimum absolute atomic E-state index is 0.0479. The largest absolute Gasteiger partial charge is 0.387 e. The van der Waals surface area contributed by atoms with Crippen molar-refractivity contribution >= 4 is 42.6 Å². The van der Waals surface area contributed by atoms with Crippen LogP contribution in [-0.4, -0.2) is 31.0 Å². The second kappa shape index (κ2) is 9.03. The fourth-order valence-electron chi connectivity index (χ4n) is 2.98. The number of nitrogens with zero attached hydrogens (tertiary/aromatic N) is 1. The summed E-state index contributed by atoms with van der Waals surface area (Å²) < 4.78 is 41.0. The summed E-state index contributed by atoms with van der Waals surface area (Å²) in [5, 5.41) is 13.0. The van der Waals surface area contributed by atoms with Crippen LogP contribution in [0.15, 0.2) is 77.7 Å². The Kier molecular flexibility index (Phi) is 6.17. The summed E-state index contributed by atoms with van der Waals surface area (Å²) in [6, 6.07) is 18.2. The van der Waals surface area contributed by atoms with Crippen molar-refractivity contribution in [2.24, 2.45) is 0 Å². The lowest BCUT2D eigenvalue weighted by molar-refractivity contribution is 0.0916. The standard InChI is InChI=1S/C22H18FN3O4S2/c23-16-7-9-17(10-8-16)32(29,30)26-22-25-18-11-6-15(12-20(18)31-22)21(28)24-13-19(27)14-4-2-1-3-5-14/h1-12,19,27H,13H2,(H,24,28)(H,25,26)/t19-/m0/s1. The lowest BCUT2D eigenvalue weighted by atomic mass is 10.1. The molecule has 0 radical (unpaired) electrons. The predicted molar refractivity (Wildman–Crippen MR) is 121 cm³/mol. The molecular formula is C22H18FN3O4S2. The van der Waals surface area contributed by atoms with E-state index in [0.717, 1.165) is 35.6 Å². The number of carbonyl (C=O) groups excluding carboxylic acids is 1. The molecule has 0 saturated carbocycles. The molecule has 4 aromatic rings. The zero-order chi connectivity index (χ0) is 22.7. The van der Waals surface area contributed by atoms with Crippen molar-refractivity contribution < 1.29 is 22.7 Å². The maximum Gasteiger partial charge on any atom is 0.263 e. The van der Waals surface area contributed by atoms with Gasteiger partial charge in [-0.1, -0.05) is 41.7 Å². The van der Waals surface area contributed by atoms with Gasteiger partial charge >= 0.3 is 0 Å². The average molecular weight is 472 g/mol. The number of aliphatic hydroxyl groups excluding tert-OH is 1. The Morgan fingerprint density at radius 1 is 1.06 bits per heavy atom. The van der Waals surface area contributed by atoms with Gasteiger partial charge in [0.1, 0.15) is 5.82 Å². The molecule has 1 atom stereocenters. The average Bonchev–Trinajstić information content (AvgIpc) is 3.18. The third-order valence-electron chi connectivity index (χ3n) is 4.64. The topological polar surface area (TPSA) is 108 Å².